The van der Waals surface area contributed by atoms with Gasteiger partial charge in [0.1, 0.15) is 5.82 Å². The van der Waals surface area contributed by atoms with Crippen molar-refractivity contribution in [3.05, 3.63) is 48.3 Å². The quantitative estimate of drug-likeness (QED) is 0.917. The van der Waals surface area contributed by atoms with Crippen LogP contribution in [0.15, 0.2) is 36.9 Å². The van der Waals surface area contributed by atoms with Gasteiger partial charge >= 0.3 is 0 Å². The van der Waals surface area contributed by atoms with Crippen molar-refractivity contribution in [1.29, 1.82) is 0 Å². The molecule has 2 heterocycles. The zero-order chi connectivity index (χ0) is 13.8. The normalized spacial score (nSPS) is 12.0. The fraction of sp³-hybridized carbons (Fsp3) is 0.286. The van der Waals surface area contributed by atoms with Gasteiger partial charge in [-0.15, -0.1) is 0 Å². The number of aromatic nitrogens is 2. The van der Waals surface area contributed by atoms with Crippen molar-refractivity contribution in [1.82, 2.24) is 9.97 Å². The van der Waals surface area contributed by atoms with E-state index in [0.717, 1.165) is 16.9 Å². The van der Waals surface area contributed by atoms with Gasteiger partial charge in [0.2, 0.25) is 0 Å². The van der Waals surface area contributed by atoms with Gasteiger partial charge in [0, 0.05) is 26.5 Å². The zero-order valence-corrected chi connectivity index (χ0v) is 11.3. The first-order valence-electron chi connectivity index (χ1n) is 6.06. The monoisotopic (exact) mass is 260 g/mol. The number of pyridine rings is 2. The minimum Gasteiger partial charge on any atom is -0.376 e. The summed E-state index contributed by atoms with van der Waals surface area (Å²) in [6.07, 6.45) is 6.37. The Morgan fingerprint density at radius 1 is 1.21 bits per heavy atom. The molecule has 0 aliphatic heterocycles. The van der Waals surface area contributed by atoms with Crippen LogP contribution in [-0.4, -0.2) is 24.1 Å². The molecule has 1 unspecified atom stereocenters. The van der Waals surface area contributed by atoms with E-state index in [0.29, 0.717) is 0 Å². The molecule has 0 aliphatic rings. The number of rotatable bonds is 4. The predicted octanol–water partition coefficient (Wildman–Crippen LogP) is 2.85. The molecular weight excluding hydrogens is 243 g/mol. The van der Waals surface area contributed by atoms with Gasteiger partial charge in [0.15, 0.2) is 0 Å². The molecule has 0 amide bonds. The Morgan fingerprint density at radius 2 is 2.00 bits per heavy atom. The molecule has 2 rings (SSSR count). The molecule has 19 heavy (non-hydrogen) atoms. The van der Waals surface area contributed by atoms with E-state index in [1.807, 2.05) is 32.0 Å². The van der Waals surface area contributed by atoms with Gasteiger partial charge in [0.25, 0.3) is 0 Å². The molecule has 2 aromatic rings. The third-order valence-electron chi connectivity index (χ3n) is 2.88. The molecule has 0 fully saturated rings. The van der Waals surface area contributed by atoms with Crippen LogP contribution in [0.3, 0.4) is 0 Å². The van der Waals surface area contributed by atoms with Gasteiger partial charge < -0.3 is 10.2 Å². The third-order valence-corrected chi connectivity index (χ3v) is 2.88. The first-order chi connectivity index (χ1) is 9.08. The Kier molecular flexibility index (Phi) is 3.94. The average molecular weight is 260 g/mol. The number of anilines is 2. The van der Waals surface area contributed by atoms with Crippen molar-refractivity contribution >= 4 is 11.4 Å². The highest BCUT2D eigenvalue weighted by Gasteiger charge is 2.10. The number of nitrogens with one attached hydrogen (secondary N) is 1. The first kappa shape index (κ1) is 13.3. The lowest BCUT2D eigenvalue weighted by Gasteiger charge is -2.21. The van der Waals surface area contributed by atoms with E-state index >= 15 is 0 Å². The lowest BCUT2D eigenvalue weighted by molar-refractivity contribution is 0.616. The van der Waals surface area contributed by atoms with Crippen LogP contribution in [0.25, 0.3) is 0 Å². The van der Waals surface area contributed by atoms with E-state index in [1.165, 1.54) is 12.3 Å². The number of nitrogens with zero attached hydrogens (tertiary/aromatic N) is 3. The maximum absolute atomic E-state index is 13.2. The van der Waals surface area contributed by atoms with Crippen LogP contribution in [0.1, 0.15) is 18.5 Å². The summed E-state index contributed by atoms with van der Waals surface area (Å²) in [5.41, 5.74) is 2.74. The van der Waals surface area contributed by atoms with Gasteiger partial charge in [-0.25, -0.2) is 4.39 Å². The number of hydrogen-bond acceptors (Lipinski definition) is 4. The fourth-order valence-corrected chi connectivity index (χ4v) is 1.87. The van der Waals surface area contributed by atoms with Crippen molar-refractivity contribution in [3.63, 3.8) is 0 Å². The molecule has 0 saturated heterocycles. The Bertz CT molecular complexity index is 557. The highest BCUT2D eigenvalue weighted by atomic mass is 19.1. The van der Waals surface area contributed by atoms with Crippen LogP contribution in [0, 0.1) is 5.82 Å². The Hall–Kier alpha value is -2.17. The number of hydrogen-bond donors (Lipinski definition) is 1. The molecule has 0 aliphatic carbocycles. The molecule has 4 nitrogen and oxygen atoms in total. The summed E-state index contributed by atoms with van der Waals surface area (Å²) in [5, 5.41) is 3.32. The van der Waals surface area contributed by atoms with Crippen LogP contribution in [0.4, 0.5) is 15.8 Å². The maximum Gasteiger partial charge on any atom is 0.141 e. The standard InChI is InChI=1S/C14H17FN4/c1-10(11-6-12(15)8-17-7-11)18-13-9-16-5-4-14(13)19(2)3/h4-10,18H,1-3H3. The average Bonchev–Trinajstić information content (AvgIpc) is 2.39. The molecule has 0 spiro atoms. The largest absolute Gasteiger partial charge is 0.376 e. The molecule has 5 heteroatoms. The van der Waals surface area contributed by atoms with E-state index in [9.17, 15) is 4.39 Å². The van der Waals surface area contributed by atoms with E-state index in [-0.39, 0.29) is 11.9 Å². The molecule has 0 saturated carbocycles. The third kappa shape index (κ3) is 3.19. The summed E-state index contributed by atoms with van der Waals surface area (Å²) in [7, 11) is 3.93. The number of halogens is 1. The van der Waals surface area contributed by atoms with Crippen molar-refractivity contribution in [2.24, 2.45) is 0 Å². The lowest BCUT2D eigenvalue weighted by atomic mass is 10.1. The Morgan fingerprint density at radius 3 is 2.68 bits per heavy atom. The highest BCUT2D eigenvalue weighted by molar-refractivity contribution is 5.68. The molecule has 100 valence electrons. The first-order valence-corrected chi connectivity index (χ1v) is 6.06. The van der Waals surface area contributed by atoms with Gasteiger partial charge in [0.05, 0.1) is 29.8 Å². The molecule has 0 bridgehead atoms. The van der Waals surface area contributed by atoms with Gasteiger partial charge in [-0.3, -0.25) is 9.97 Å². The topological polar surface area (TPSA) is 41.1 Å². The van der Waals surface area contributed by atoms with Crippen LogP contribution >= 0.6 is 0 Å². The van der Waals surface area contributed by atoms with E-state index < -0.39 is 0 Å². The summed E-state index contributed by atoms with van der Waals surface area (Å²) in [4.78, 5) is 9.98. The molecule has 2 aromatic heterocycles. The smallest absolute Gasteiger partial charge is 0.141 e. The molecule has 1 atom stereocenters. The Labute approximate surface area is 112 Å². The maximum atomic E-state index is 13.2. The lowest BCUT2D eigenvalue weighted by Crippen LogP contribution is -2.14. The van der Waals surface area contributed by atoms with Crippen molar-refractivity contribution in [3.8, 4) is 0 Å². The van der Waals surface area contributed by atoms with Crippen molar-refractivity contribution in [2.45, 2.75) is 13.0 Å². The molecule has 0 aromatic carbocycles. The van der Waals surface area contributed by atoms with Crippen molar-refractivity contribution < 1.29 is 4.39 Å². The summed E-state index contributed by atoms with van der Waals surface area (Å²) in [6.45, 7) is 1.96. The minimum atomic E-state index is -0.329. The summed E-state index contributed by atoms with van der Waals surface area (Å²) < 4.78 is 13.2. The van der Waals surface area contributed by atoms with Gasteiger partial charge in [-0.05, 0) is 24.6 Å². The van der Waals surface area contributed by atoms with Crippen molar-refractivity contribution in [2.75, 3.05) is 24.3 Å². The minimum absolute atomic E-state index is 0.0499. The summed E-state index contributed by atoms with van der Waals surface area (Å²) in [5.74, 6) is -0.329. The molecule has 1 N–H and O–H groups in total. The second kappa shape index (κ2) is 5.65. The van der Waals surface area contributed by atoms with Crippen LogP contribution in [-0.2, 0) is 0 Å². The molecular formula is C14H17FN4. The zero-order valence-electron chi connectivity index (χ0n) is 11.3. The SMILES string of the molecule is CC(Nc1cnccc1N(C)C)c1cncc(F)c1. The predicted molar refractivity (Wildman–Crippen MR) is 74.8 cm³/mol. The van der Waals surface area contributed by atoms with E-state index in [2.05, 4.69) is 15.3 Å². The summed E-state index contributed by atoms with van der Waals surface area (Å²) in [6, 6.07) is 3.36. The highest BCUT2D eigenvalue weighted by Crippen LogP contribution is 2.26. The summed E-state index contributed by atoms with van der Waals surface area (Å²) >= 11 is 0. The van der Waals surface area contributed by atoms with Gasteiger partial charge in [-0.1, -0.05) is 0 Å². The fourth-order valence-electron chi connectivity index (χ4n) is 1.87. The van der Waals surface area contributed by atoms with E-state index in [1.54, 1.807) is 18.6 Å². The Balaban J connectivity index is 2.22. The second-order valence-electron chi connectivity index (χ2n) is 4.59. The van der Waals surface area contributed by atoms with Gasteiger partial charge in [-0.2, -0.15) is 0 Å². The van der Waals surface area contributed by atoms with Crippen LogP contribution in [0.5, 0.6) is 0 Å². The van der Waals surface area contributed by atoms with Crippen LogP contribution < -0.4 is 10.2 Å². The van der Waals surface area contributed by atoms with E-state index in [4.69, 9.17) is 0 Å². The second-order valence-corrected chi connectivity index (χ2v) is 4.59. The van der Waals surface area contributed by atoms with Crippen LogP contribution in [0.2, 0.25) is 0 Å². The molecule has 0 radical (unpaired) electrons.